The average Bonchev–Trinajstić information content (AvgIpc) is 1.84. The largest absolute Gasteiger partial charge is 1.00 e. The van der Waals surface area contributed by atoms with Crippen molar-refractivity contribution in [2.75, 3.05) is 13.7 Å². The smallest absolute Gasteiger partial charge is 0.418 e. The molecule has 0 aromatic carbocycles. The summed E-state index contributed by atoms with van der Waals surface area (Å²) in [5, 5.41) is 0. The van der Waals surface area contributed by atoms with Crippen molar-refractivity contribution in [3.63, 3.8) is 0 Å². The monoisotopic (exact) mass is 263 g/mol. The van der Waals surface area contributed by atoms with E-state index in [4.69, 9.17) is 11.3 Å². The van der Waals surface area contributed by atoms with Crippen LogP contribution < -0.4 is 0 Å². The van der Waals surface area contributed by atoms with Gasteiger partial charge < -0.3 is 26.8 Å². The Labute approximate surface area is 91.4 Å². The van der Waals surface area contributed by atoms with Crippen molar-refractivity contribution in [1.82, 2.24) is 0 Å². The van der Waals surface area contributed by atoms with Gasteiger partial charge >= 0.3 is 24.3 Å². The van der Waals surface area contributed by atoms with Crippen molar-refractivity contribution in [2.45, 2.75) is 19.4 Å². The maximum atomic E-state index is 9.75. The summed E-state index contributed by atoms with van der Waals surface area (Å²) in [7, 11) is -4.38. The Bertz CT molecular complexity index is 174. The predicted octanol–water partition coefficient (Wildman–Crippen LogP) is 2.63. The fourth-order valence-corrected chi connectivity index (χ4v) is 0.255. The summed E-state index contributed by atoms with van der Waals surface area (Å²) < 4.78 is 44.0. The minimum absolute atomic E-state index is 0. The molecule has 0 fully saturated rings. The molecule has 0 unspecified atom stereocenters. The minimum atomic E-state index is -6.00. The van der Waals surface area contributed by atoms with Crippen molar-refractivity contribution >= 4 is 7.25 Å². The van der Waals surface area contributed by atoms with Gasteiger partial charge in [0, 0.05) is 7.11 Å². The number of rotatable bonds is 2. The summed E-state index contributed by atoms with van der Waals surface area (Å²) in [6.07, 6.45) is 0. The molecule has 2 nitrogen and oxygen atoms in total. The van der Waals surface area contributed by atoms with Crippen LogP contribution in [-0.4, -0.2) is 26.5 Å². The van der Waals surface area contributed by atoms with Gasteiger partial charge in [0.15, 0.2) is 0 Å². The first kappa shape index (κ1) is 19.3. The SMILES string of the molecule is F[B-](F)(F)F.[C-]#[N+]CC(C)(C)OC.[Cu+]. The van der Waals surface area contributed by atoms with E-state index < -0.39 is 7.25 Å². The summed E-state index contributed by atoms with van der Waals surface area (Å²) in [5.41, 5.74) is -0.262. The van der Waals surface area contributed by atoms with Crippen LogP contribution in [-0.2, 0) is 21.8 Å². The number of halogens is 4. The van der Waals surface area contributed by atoms with Gasteiger partial charge in [-0.15, -0.1) is 0 Å². The van der Waals surface area contributed by atoms with Crippen molar-refractivity contribution in [2.24, 2.45) is 0 Å². The zero-order valence-electron chi connectivity index (χ0n) is 7.95. The molecule has 0 N–H and O–H groups in total. The van der Waals surface area contributed by atoms with E-state index in [1.54, 1.807) is 7.11 Å². The van der Waals surface area contributed by atoms with Gasteiger partial charge in [0.05, 0.1) is 0 Å². The van der Waals surface area contributed by atoms with Crippen LogP contribution in [0.15, 0.2) is 0 Å². The van der Waals surface area contributed by atoms with E-state index in [1.165, 1.54) is 0 Å². The van der Waals surface area contributed by atoms with Gasteiger partial charge in [0.2, 0.25) is 6.54 Å². The molecule has 0 radical (unpaired) electrons. The van der Waals surface area contributed by atoms with Crippen LogP contribution in [0.2, 0.25) is 0 Å². The van der Waals surface area contributed by atoms with Crippen LogP contribution >= 0.6 is 0 Å². The molecule has 8 heteroatoms. The summed E-state index contributed by atoms with van der Waals surface area (Å²) in [5.74, 6) is 0. The van der Waals surface area contributed by atoms with Gasteiger partial charge in [0.1, 0.15) is 5.60 Å². The van der Waals surface area contributed by atoms with E-state index in [2.05, 4.69) is 4.85 Å². The summed E-state index contributed by atoms with van der Waals surface area (Å²) in [6.45, 7) is 10.7. The summed E-state index contributed by atoms with van der Waals surface area (Å²) >= 11 is 0. The normalized spacial score (nSPS) is 10.4. The zero-order valence-corrected chi connectivity index (χ0v) is 8.89. The Morgan fingerprint density at radius 2 is 1.57 bits per heavy atom. The zero-order chi connectivity index (χ0) is 11.1. The molecular weight excluding hydrogens is 252 g/mol. The third kappa shape index (κ3) is 29.8. The summed E-state index contributed by atoms with van der Waals surface area (Å²) in [4.78, 5) is 3.20. The van der Waals surface area contributed by atoms with E-state index >= 15 is 0 Å². The number of nitrogens with zero attached hydrogens (tertiary/aromatic N) is 1. The van der Waals surface area contributed by atoms with Crippen molar-refractivity contribution in [3.05, 3.63) is 11.4 Å². The molecular formula is C6H11BCuF4NO. The van der Waals surface area contributed by atoms with Crippen LogP contribution in [0.5, 0.6) is 0 Å². The average molecular weight is 264 g/mol. The Morgan fingerprint density at radius 3 is 1.64 bits per heavy atom. The van der Waals surface area contributed by atoms with Crippen LogP contribution in [0.1, 0.15) is 13.8 Å². The molecule has 0 aliphatic carbocycles. The minimum Gasteiger partial charge on any atom is -0.418 e. The van der Waals surface area contributed by atoms with E-state index in [0.717, 1.165) is 0 Å². The molecule has 0 saturated carbocycles. The van der Waals surface area contributed by atoms with Gasteiger partial charge in [-0.05, 0) is 13.8 Å². The Hall–Kier alpha value is -0.246. The van der Waals surface area contributed by atoms with Crippen LogP contribution in [0, 0.1) is 6.57 Å². The second kappa shape index (κ2) is 8.10. The summed E-state index contributed by atoms with van der Waals surface area (Å²) in [6, 6.07) is 0. The molecule has 0 aromatic rings. The van der Waals surface area contributed by atoms with Crippen LogP contribution in [0.25, 0.3) is 4.85 Å². The van der Waals surface area contributed by atoms with E-state index in [-0.39, 0.29) is 22.7 Å². The first-order valence-corrected chi connectivity index (χ1v) is 3.38. The molecule has 88 valence electrons. The maximum Gasteiger partial charge on any atom is 1.00 e. The van der Waals surface area contributed by atoms with E-state index in [0.29, 0.717) is 6.54 Å². The van der Waals surface area contributed by atoms with Crippen LogP contribution in [0.4, 0.5) is 17.3 Å². The third-order valence-corrected chi connectivity index (χ3v) is 1.01. The number of ether oxygens (including phenoxy) is 1. The number of methoxy groups -OCH3 is 1. The predicted molar refractivity (Wildman–Crippen MR) is 42.7 cm³/mol. The Kier molecular flexibility index (Phi) is 11.2. The molecule has 0 bridgehead atoms. The second-order valence-electron chi connectivity index (χ2n) is 2.77. The van der Waals surface area contributed by atoms with Gasteiger partial charge in [-0.3, -0.25) is 0 Å². The molecule has 0 aliphatic rings. The molecule has 0 aliphatic heterocycles. The number of hydrogen-bond acceptors (Lipinski definition) is 1. The van der Waals surface area contributed by atoms with E-state index in [9.17, 15) is 17.3 Å². The molecule has 0 amide bonds. The van der Waals surface area contributed by atoms with Gasteiger partial charge in [-0.1, -0.05) is 0 Å². The topological polar surface area (TPSA) is 13.6 Å². The quantitative estimate of drug-likeness (QED) is 0.424. The van der Waals surface area contributed by atoms with Gasteiger partial charge in [-0.25, -0.2) is 6.57 Å². The van der Waals surface area contributed by atoms with Crippen molar-refractivity contribution in [3.8, 4) is 0 Å². The second-order valence-corrected chi connectivity index (χ2v) is 2.77. The molecule has 0 rings (SSSR count). The Balaban J connectivity index is -0.000000177. The molecule has 0 saturated heterocycles. The first-order chi connectivity index (χ1) is 5.62. The fraction of sp³-hybridized carbons (Fsp3) is 0.833. The van der Waals surface area contributed by atoms with E-state index in [1.807, 2.05) is 13.8 Å². The molecule has 0 heterocycles. The standard InChI is InChI=1S/C6H11NO.BF4.Cu/c1-6(2,8-4)5-7-3;2-1(3,4)5;/h5H2,1-2,4H3;;/q;-1;+1. The first-order valence-electron chi connectivity index (χ1n) is 3.38. The van der Waals surface area contributed by atoms with Crippen molar-refractivity contribution < 1.29 is 39.1 Å². The van der Waals surface area contributed by atoms with Crippen molar-refractivity contribution in [1.29, 1.82) is 0 Å². The fourth-order valence-electron chi connectivity index (χ4n) is 0.255. The maximum absolute atomic E-state index is 9.75. The molecule has 0 atom stereocenters. The van der Waals surface area contributed by atoms with Crippen LogP contribution in [0.3, 0.4) is 0 Å². The number of hydrogen-bond donors (Lipinski definition) is 0. The molecule has 0 aromatic heterocycles. The molecule has 0 spiro atoms. The third-order valence-electron chi connectivity index (χ3n) is 1.01. The Morgan fingerprint density at radius 1 is 1.29 bits per heavy atom. The van der Waals surface area contributed by atoms with Gasteiger partial charge in [-0.2, -0.15) is 0 Å². The van der Waals surface area contributed by atoms with Gasteiger partial charge in [0.25, 0.3) is 0 Å². The molecule has 14 heavy (non-hydrogen) atoms.